The summed E-state index contributed by atoms with van der Waals surface area (Å²) in [6.45, 7) is 1.84. The molecule has 0 saturated carbocycles. The van der Waals surface area contributed by atoms with Crippen molar-refractivity contribution in [2.24, 2.45) is 0 Å². The number of hydrogen-bond acceptors (Lipinski definition) is 5. The predicted molar refractivity (Wildman–Crippen MR) is 113 cm³/mol. The van der Waals surface area contributed by atoms with Crippen molar-refractivity contribution in [2.45, 2.75) is 6.92 Å². The summed E-state index contributed by atoms with van der Waals surface area (Å²) in [5, 5.41) is 9.48. The van der Waals surface area contributed by atoms with Gasteiger partial charge in [-0.3, -0.25) is 10.1 Å². The van der Waals surface area contributed by atoms with Gasteiger partial charge in [0.15, 0.2) is 5.65 Å². The van der Waals surface area contributed by atoms with Crippen LogP contribution >= 0.6 is 34.5 Å². The molecule has 0 spiro atoms. The molecule has 0 aliphatic heterocycles. The minimum absolute atomic E-state index is 0.186. The highest BCUT2D eigenvalue weighted by molar-refractivity contribution is 7.21. The maximum atomic E-state index is 12.8. The summed E-state index contributed by atoms with van der Waals surface area (Å²) in [5.74, 6) is 0.479. The van der Waals surface area contributed by atoms with Crippen molar-refractivity contribution >= 4 is 73.0 Å². The molecule has 0 atom stereocenters. The van der Waals surface area contributed by atoms with Crippen molar-refractivity contribution in [3.63, 3.8) is 0 Å². The second-order valence-corrected chi connectivity index (χ2v) is 8.00. The van der Waals surface area contributed by atoms with Crippen LogP contribution in [0, 0.1) is 6.92 Å². The Hall–Kier alpha value is -2.74. The van der Waals surface area contributed by atoms with Crippen LogP contribution in [0.3, 0.4) is 0 Å². The Balaban J connectivity index is 1.58. The highest BCUT2D eigenvalue weighted by Gasteiger charge is 2.21. The van der Waals surface area contributed by atoms with Crippen molar-refractivity contribution in [1.82, 2.24) is 19.6 Å². The van der Waals surface area contributed by atoms with Crippen molar-refractivity contribution in [2.75, 3.05) is 5.32 Å². The van der Waals surface area contributed by atoms with E-state index in [-0.39, 0.29) is 11.9 Å². The lowest BCUT2D eigenvalue weighted by molar-refractivity contribution is 0.103. The molecule has 2 aromatic carbocycles. The molecule has 0 fully saturated rings. The van der Waals surface area contributed by atoms with Crippen LogP contribution in [0.5, 0.6) is 0 Å². The average molecular weight is 428 g/mol. The molecule has 1 N–H and O–H groups in total. The Morgan fingerprint density at radius 3 is 2.75 bits per heavy atom. The zero-order valence-electron chi connectivity index (χ0n) is 14.4. The van der Waals surface area contributed by atoms with Crippen LogP contribution in [-0.4, -0.2) is 25.5 Å². The number of thiophene rings is 1. The van der Waals surface area contributed by atoms with E-state index in [2.05, 4.69) is 20.4 Å². The Labute approximate surface area is 172 Å². The Kier molecular flexibility index (Phi) is 3.97. The number of aryl methyl sites for hydroxylation is 1. The van der Waals surface area contributed by atoms with Gasteiger partial charge >= 0.3 is 0 Å². The van der Waals surface area contributed by atoms with Crippen LogP contribution < -0.4 is 5.32 Å². The third kappa shape index (κ3) is 2.63. The van der Waals surface area contributed by atoms with E-state index in [0.717, 1.165) is 15.6 Å². The molecule has 3 heterocycles. The summed E-state index contributed by atoms with van der Waals surface area (Å²) in [7, 11) is 0. The van der Waals surface area contributed by atoms with Gasteiger partial charge in [-0.15, -0.1) is 16.4 Å². The van der Waals surface area contributed by atoms with Gasteiger partial charge in [-0.1, -0.05) is 41.4 Å². The molecule has 5 aromatic rings. The molecule has 28 heavy (non-hydrogen) atoms. The second kappa shape index (κ2) is 6.41. The van der Waals surface area contributed by atoms with Gasteiger partial charge in [-0.25, -0.2) is 4.98 Å². The van der Waals surface area contributed by atoms with E-state index in [0.29, 0.717) is 31.8 Å². The maximum Gasteiger partial charge on any atom is 0.269 e. The third-order valence-electron chi connectivity index (χ3n) is 4.38. The quantitative estimate of drug-likeness (QED) is 0.411. The number of anilines is 1. The molecule has 6 nitrogen and oxygen atoms in total. The monoisotopic (exact) mass is 427 g/mol. The Morgan fingerprint density at radius 1 is 1.11 bits per heavy atom. The number of hydrogen-bond donors (Lipinski definition) is 1. The molecule has 5 rings (SSSR count). The number of amides is 1. The number of carbonyl (C=O) groups is 1. The molecule has 1 amide bonds. The van der Waals surface area contributed by atoms with Gasteiger partial charge in [0.1, 0.15) is 10.7 Å². The van der Waals surface area contributed by atoms with Gasteiger partial charge in [0.25, 0.3) is 5.91 Å². The summed E-state index contributed by atoms with van der Waals surface area (Å²) < 4.78 is 2.46. The van der Waals surface area contributed by atoms with E-state index >= 15 is 0 Å². The summed E-state index contributed by atoms with van der Waals surface area (Å²) in [4.78, 5) is 22.2. The minimum atomic E-state index is -0.381. The average Bonchev–Trinajstić information content (AvgIpc) is 3.24. The molecule has 0 unspecified atom stereocenters. The third-order valence-corrected chi connectivity index (χ3v) is 6.34. The highest BCUT2D eigenvalue weighted by atomic mass is 35.5. The zero-order valence-corrected chi connectivity index (χ0v) is 16.7. The number of aromatic nitrogens is 4. The number of para-hydroxylation sites is 1. The van der Waals surface area contributed by atoms with Gasteiger partial charge in [0.05, 0.1) is 15.6 Å². The fraction of sp³-hybridized carbons (Fsp3) is 0.0526. The van der Waals surface area contributed by atoms with Crippen LogP contribution in [0.2, 0.25) is 10.0 Å². The molecule has 0 aliphatic carbocycles. The number of fused-ring (bicyclic) bond motifs is 4. The summed E-state index contributed by atoms with van der Waals surface area (Å²) >= 11 is 13.9. The van der Waals surface area contributed by atoms with Gasteiger partial charge < -0.3 is 0 Å². The fourth-order valence-electron chi connectivity index (χ4n) is 3.12. The summed E-state index contributed by atoms with van der Waals surface area (Å²) in [6.07, 6.45) is 0. The normalized spacial score (nSPS) is 11.5. The first-order chi connectivity index (χ1) is 13.5. The summed E-state index contributed by atoms with van der Waals surface area (Å²) in [6, 6.07) is 13.1. The first kappa shape index (κ1) is 17.4. The highest BCUT2D eigenvalue weighted by Crippen LogP contribution is 2.39. The van der Waals surface area contributed by atoms with E-state index in [1.54, 1.807) is 10.6 Å². The molecule has 3 aromatic heterocycles. The lowest BCUT2D eigenvalue weighted by Gasteiger charge is -2.01. The number of halogens is 2. The SMILES string of the molecule is Cc1nc2ccccc2c2nc(NC(=O)c3sc4cccc(Cl)c4c3Cl)nn12. The topological polar surface area (TPSA) is 72.2 Å². The van der Waals surface area contributed by atoms with Crippen LogP contribution in [0.4, 0.5) is 5.95 Å². The van der Waals surface area contributed by atoms with E-state index in [4.69, 9.17) is 23.2 Å². The minimum Gasteiger partial charge on any atom is -0.288 e. The van der Waals surface area contributed by atoms with Crippen LogP contribution in [-0.2, 0) is 0 Å². The van der Waals surface area contributed by atoms with Crippen molar-refractivity contribution in [1.29, 1.82) is 0 Å². The van der Waals surface area contributed by atoms with Crippen molar-refractivity contribution in [3.05, 3.63) is 63.2 Å². The zero-order chi connectivity index (χ0) is 19.4. The Bertz CT molecular complexity index is 1410. The van der Waals surface area contributed by atoms with Crippen molar-refractivity contribution < 1.29 is 4.79 Å². The van der Waals surface area contributed by atoms with E-state index < -0.39 is 0 Å². The van der Waals surface area contributed by atoms with Gasteiger partial charge in [0, 0.05) is 15.5 Å². The summed E-state index contributed by atoms with van der Waals surface area (Å²) in [5.41, 5.74) is 1.45. The van der Waals surface area contributed by atoms with E-state index in [9.17, 15) is 4.79 Å². The lowest BCUT2D eigenvalue weighted by Crippen LogP contribution is -2.12. The number of nitrogens with zero attached hydrogens (tertiary/aromatic N) is 4. The lowest BCUT2D eigenvalue weighted by atomic mass is 10.2. The molecule has 9 heteroatoms. The van der Waals surface area contributed by atoms with Crippen LogP contribution in [0.1, 0.15) is 15.5 Å². The standard InChI is InChI=1S/C19H11Cl2N5OS/c1-9-22-12-7-3-2-5-10(12)17-23-19(25-26(9)17)24-18(27)16-15(21)14-11(20)6-4-8-13(14)28-16/h2-8H,1H3,(H,24,25,27). The molecule has 0 radical (unpaired) electrons. The first-order valence-corrected chi connectivity index (χ1v) is 9.90. The van der Waals surface area contributed by atoms with Crippen LogP contribution in [0.15, 0.2) is 42.5 Å². The van der Waals surface area contributed by atoms with Gasteiger partial charge in [0.2, 0.25) is 5.95 Å². The molecule has 0 aliphatic rings. The van der Waals surface area contributed by atoms with Crippen LogP contribution in [0.25, 0.3) is 26.6 Å². The molecule has 0 bridgehead atoms. The molecule has 138 valence electrons. The molecule has 0 saturated heterocycles. The largest absolute Gasteiger partial charge is 0.288 e. The number of nitrogens with one attached hydrogen (secondary N) is 1. The van der Waals surface area contributed by atoms with Gasteiger partial charge in [-0.2, -0.15) is 9.50 Å². The molecular formula is C19H11Cl2N5OS. The van der Waals surface area contributed by atoms with E-state index in [1.807, 2.05) is 43.3 Å². The second-order valence-electron chi connectivity index (χ2n) is 6.16. The maximum absolute atomic E-state index is 12.8. The fourth-order valence-corrected chi connectivity index (χ4v) is 4.97. The van der Waals surface area contributed by atoms with Gasteiger partial charge in [-0.05, 0) is 31.2 Å². The van der Waals surface area contributed by atoms with Crippen molar-refractivity contribution in [3.8, 4) is 0 Å². The molecular weight excluding hydrogens is 417 g/mol. The number of benzene rings is 2. The number of rotatable bonds is 2. The predicted octanol–water partition coefficient (Wildman–Crippen LogP) is 5.36. The smallest absolute Gasteiger partial charge is 0.269 e. The number of carbonyl (C=O) groups excluding carboxylic acids is 1. The first-order valence-electron chi connectivity index (χ1n) is 8.33. The van der Waals surface area contributed by atoms with E-state index in [1.165, 1.54) is 11.3 Å². The Morgan fingerprint density at radius 2 is 1.93 bits per heavy atom.